The molecule has 5 heterocycles. The summed E-state index contributed by atoms with van der Waals surface area (Å²) in [5, 5.41) is 3.07. The van der Waals surface area contributed by atoms with E-state index < -0.39 is 23.3 Å². The number of likely N-dealkylation sites (N-methyl/N-ethyl adjacent to an activating group) is 1. The second-order valence-electron chi connectivity index (χ2n) is 11.0. The Morgan fingerprint density at radius 3 is 2.49 bits per heavy atom. The van der Waals surface area contributed by atoms with E-state index in [1.807, 2.05) is 37.9 Å². The molecule has 0 aliphatic carbocycles. The van der Waals surface area contributed by atoms with Crippen molar-refractivity contribution in [3.05, 3.63) is 59.5 Å². The molecule has 2 aliphatic heterocycles. The number of hydrogen-bond donors (Lipinski definition) is 1. The van der Waals surface area contributed by atoms with Crippen molar-refractivity contribution < 1.29 is 32.2 Å². The van der Waals surface area contributed by atoms with Crippen LogP contribution in [0.15, 0.2) is 42.6 Å². The minimum Gasteiger partial charge on any atom is -0.481 e. The lowest BCUT2D eigenvalue weighted by Crippen LogP contribution is -2.58. The maximum Gasteiger partial charge on any atom is 0.434 e. The molecule has 14 heteroatoms. The van der Waals surface area contributed by atoms with Crippen LogP contribution in [-0.4, -0.2) is 102 Å². The molecule has 0 aromatic carbocycles. The first-order valence-electron chi connectivity index (χ1n) is 14.8. The van der Waals surface area contributed by atoms with Gasteiger partial charge >= 0.3 is 6.18 Å². The maximum atomic E-state index is 13.8. The number of pyridine rings is 3. The zero-order valence-corrected chi connectivity index (χ0v) is 25.6. The van der Waals surface area contributed by atoms with Crippen LogP contribution in [0.1, 0.15) is 46.8 Å². The van der Waals surface area contributed by atoms with Crippen LogP contribution in [-0.2, 0) is 6.18 Å². The van der Waals surface area contributed by atoms with Gasteiger partial charge in [0.25, 0.3) is 11.8 Å². The van der Waals surface area contributed by atoms with Crippen molar-refractivity contribution in [2.24, 2.45) is 0 Å². The SMILES string of the molecule is CCOc1ncccc1-c1ccc(N2CCN(C(=O)c3ccc(OC)nc3C(F)(F)F)C[C@H]2CC)c(C(=O)NC2CN(C)C2)n1. The van der Waals surface area contributed by atoms with E-state index in [4.69, 9.17) is 14.5 Å². The van der Waals surface area contributed by atoms with Crippen LogP contribution < -0.4 is 19.7 Å². The van der Waals surface area contributed by atoms with Gasteiger partial charge in [-0.15, -0.1) is 0 Å². The van der Waals surface area contributed by atoms with Crippen LogP contribution in [0.2, 0.25) is 0 Å². The molecule has 2 fully saturated rings. The summed E-state index contributed by atoms with van der Waals surface area (Å²) in [5.74, 6) is -0.933. The first-order valence-corrected chi connectivity index (χ1v) is 14.8. The minimum atomic E-state index is -4.84. The number of methoxy groups -OCH3 is 1. The van der Waals surface area contributed by atoms with Crippen molar-refractivity contribution in [1.29, 1.82) is 0 Å². The van der Waals surface area contributed by atoms with Crippen LogP contribution in [0.5, 0.6) is 11.8 Å². The van der Waals surface area contributed by atoms with Gasteiger partial charge in [-0.2, -0.15) is 13.2 Å². The lowest BCUT2D eigenvalue weighted by molar-refractivity contribution is -0.141. The van der Waals surface area contributed by atoms with Gasteiger partial charge in [0.2, 0.25) is 11.8 Å². The lowest BCUT2D eigenvalue weighted by Gasteiger charge is -2.43. The van der Waals surface area contributed by atoms with Crippen molar-refractivity contribution >= 4 is 17.5 Å². The quantitative estimate of drug-likeness (QED) is 0.379. The van der Waals surface area contributed by atoms with Gasteiger partial charge in [-0.1, -0.05) is 6.92 Å². The normalized spacial score (nSPS) is 17.5. The molecular weight excluding hydrogens is 591 g/mol. The van der Waals surface area contributed by atoms with E-state index in [-0.39, 0.29) is 49.2 Å². The predicted octanol–water partition coefficient (Wildman–Crippen LogP) is 3.75. The summed E-state index contributed by atoms with van der Waals surface area (Å²) in [4.78, 5) is 45.3. The van der Waals surface area contributed by atoms with Crippen LogP contribution >= 0.6 is 0 Å². The zero-order chi connectivity index (χ0) is 32.3. The Hall–Kier alpha value is -4.46. The van der Waals surface area contributed by atoms with Gasteiger partial charge in [-0.3, -0.25) is 9.59 Å². The topological polar surface area (TPSA) is 113 Å². The largest absolute Gasteiger partial charge is 0.481 e. The van der Waals surface area contributed by atoms with Gasteiger partial charge < -0.3 is 29.5 Å². The van der Waals surface area contributed by atoms with Gasteiger partial charge in [-0.05, 0) is 50.7 Å². The summed E-state index contributed by atoms with van der Waals surface area (Å²) >= 11 is 0. The third kappa shape index (κ3) is 6.80. The molecule has 2 amide bonds. The number of piperazine rings is 1. The number of amides is 2. The van der Waals surface area contributed by atoms with Crippen LogP contribution in [0, 0.1) is 0 Å². The van der Waals surface area contributed by atoms with Crippen LogP contribution in [0.3, 0.4) is 0 Å². The van der Waals surface area contributed by atoms with Crippen molar-refractivity contribution in [1.82, 2.24) is 30.1 Å². The smallest absolute Gasteiger partial charge is 0.434 e. The molecule has 0 bridgehead atoms. The van der Waals surface area contributed by atoms with E-state index in [1.165, 1.54) is 18.1 Å². The highest BCUT2D eigenvalue weighted by Crippen LogP contribution is 2.35. The number of aromatic nitrogens is 3. The van der Waals surface area contributed by atoms with E-state index in [0.717, 1.165) is 19.2 Å². The Morgan fingerprint density at radius 1 is 1.04 bits per heavy atom. The molecule has 240 valence electrons. The molecule has 11 nitrogen and oxygen atoms in total. The fraction of sp³-hybridized carbons (Fsp3) is 0.452. The van der Waals surface area contributed by atoms with E-state index in [2.05, 4.69) is 20.2 Å². The van der Waals surface area contributed by atoms with Gasteiger partial charge in [0.1, 0.15) is 0 Å². The number of halogens is 3. The molecule has 0 unspecified atom stereocenters. The summed E-state index contributed by atoms with van der Waals surface area (Å²) in [6.07, 6.45) is -2.66. The highest BCUT2D eigenvalue weighted by molar-refractivity contribution is 5.99. The molecule has 2 aliphatic rings. The summed E-state index contributed by atoms with van der Waals surface area (Å²) in [5.41, 5.74) is 0.116. The van der Waals surface area contributed by atoms with Gasteiger partial charge in [0.05, 0.1) is 42.3 Å². The Bertz CT molecular complexity index is 1550. The number of ether oxygens (including phenoxy) is 2. The lowest BCUT2D eigenvalue weighted by atomic mass is 10.0. The summed E-state index contributed by atoms with van der Waals surface area (Å²) in [6, 6.07) is 9.24. The Kier molecular flexibility index (Phi) is 9.42. The zero-order valence-electron chi connectivity index (χ0n) is 25.6. The number of nitrogens with zero attached hydrogens (tertiary/aromatic N) is 6. The van der Waals surface area contributed by atoms with E-state index in [0.29, 0.717) is 35.9 Å². The number of carbonyl (C=O) groups is 2. The van der Waals surface area contributed by atoms with Crippen LogP contribution in [0.25, 0.3) is 11.3 Å². The average molecular weight is 628 g/mol. The van der Waals surface area contributed by atoms with Crippen molar-refractivity contribution in [3.8, 4) is 23.0 Å². The minimum absolute atomic E-state index is 0.0180. The molecule has 1 N–H and O–H groups in total. The molecule has 0 spiro atoms. The Balaban J connectivity index is 1.46. The van der Waals surface area contributed by atoms with E-state index in [9.17, 15) is 22.8 Å². The second-order valence-corrected chi connectivity index (χ2v) is 11.0. The number of alkyl halides is 3. The highest BCUT2D eigenvalue weighted by Gasteiger charge is 2.40. The fourth-order valence-electron chi connectivity index (χ4n) is 5.70. The molecule has 3 aromatic rings. The summed E-state index contributed by atoms with van der Waals surface area (Å²) < 4.78 is 52.1. The fourth-order valence-corrected chi connectivity index (χ4v) is 5.70. The number of carbonyl (C=O) groups excluding carboxylic acids is 2. The monoisotopic (exact) mass is 627 g/mol. The Morgan fingerprint density at radius 2 is 1.82 bits per heavy atom. The molecular formula is C31H36F3N7O4. The van der Waals surface area contributed by atoms with Gasteiger partial charge in [-0.25, -0.2) is 15.0 Å². The number of rotatable bonds is 9. The highest BCUT2D eigenvalue weighted by atomic mass is 19.4. The molecule has 45 heavy (non-hydrogen) atoms. The molecule has 5 rings (SSSR count). The van der Waals surface area contributed by atoms with Crippen molar-refractivity contribution in [2.75, 3.05) is 58.4 Å². The number of anilines is 1. The first-order chi connectivity index (χ1) is 21.5. The van der Waals surface area contributed by atoms with Crippen molar-refractivity contribution in [3.63, 3.8) is 0 Å². The van der Waals surface area contributed by atoms with E-state index >= 15 is 0 Å². The number of nitrogens with one attached hydrogen (secondary N) is 1. The molecule has 2 saturated heterocycles. The van der Waals surface area contributed by atoms with Gasteiger partial charge in [0, 0.05) is 51.0 Å². The molecule has 1 atom stereocenters. The molecule has 0 saturated carbocycles. The molecule has 0 radical (unpaired) electrons. The maximum absolute atomic E-state index is 13.8. The second kappa shape index (κ2) is 13.3. The standard InChI is InChI=1S/C31H36F3N7O4/c1-5-20-18-40(30(43)22-9-12-25(44-4)38-27(22)31(32,33)34)14-15-41(20)24-11-10-23(21-8-7-13-35-29(21)45-6-2)37-26(24)28(42)36-19-16-39(3)17-19/h7-13,19-20H,5-6,14-18H2,1-4H3,(H,36,42)/t20-/m1/s1. The number of likely N-dealkylation sites (tertiary alicyclic amines) is 1. The predicted molar refractivity (Wildman–Crippen MR) is 161 cm³/mol. The van der Waals surface area contributed by atoms with E-state index in [1.54, 1.807) is 18.3 Å². The summed E-state index contributed by atoms with van der Waals surface area (Å²) in [7, 11) is 3.18. The average Bonchev–Trinajstić information content (AvgIpc) is 3.02. The summed E-state index contributed by atoms with van der Waals surface area (Å²) in [6.45, 7) is 6.18. The Labute approximate surface area is 259 Å². The first kappa shape index (κ1) is 31.9. The number of hydrogen-bond acceptors (Lipinski definition) is 9. The van der Waals surface area contributed by atoms with Crippen molar-refractivity contribution in [2.45, 2.75) is 38.5 Å². The van der Waals surface area contributed by atoms with Gasteiger partial charge in [0.15, 0.2) is 11.4 Å². The van der Waals surface area contributed by atoms with Crippen LogP contribution in [0.4, 0.5) is 18.9 Å². The molecule has 3 aromatic heterocycles. The third-order valence-electron chi connectivity index (χ3n) is 7.94. The third-order valence-corrected chi connectivity index (χ3v) is 7.94.